The first-order chi connectivity index (χ1) is 21.1. The number of aliphatic hydroxyl groups is 1. The molecule has 1 aliphatic heterocycles. The normalized spacial score (nSPS) is 13.7. The first-order valence-electron chi connectivity index (χ1n) is 13.7. The number of carbonyl (C=O) groups is 2. The zero-order chi connectivity index (χ0) is 31.4. The van der Waals surface area contributed by atoms with Gasteiger partial charge in [-0.05, 0) is 41.5 Å². The fourth-order valence-corrected chi connectivity index (χ4v) is 5.10. The number of rotatable bonds is 8. The number of hydrogen-bond donors (Lipinski definition) is 1. The van der Waals surface area contributed by atoms with E-state index in [1.54, 1.807) is 6.07 Å². The Kier molecular flexibility index (Phi) is 8.94. The molecule has 11 heteroatoms. The number of benzene rings is 3. The van der Waals surface area contributed by atoms with Crippen LogP contribution in [0.1, 0.15) is 22.3 Å². The molecule has 0 aliphatic carbocycles. The number of halogens is 4. The third-order valence-electron chi connectivity index (χ3n) is 7.31. The highest BCUT2D eigenvalue weighted by atomic mass is 19.1. The summed E-state index contributed by atoms with van der Waals surface area (Å²) in [4.78, 5) is 42.6. The van der Waals surface area contributed by atoms with Crippen LogP contribution in [-0.4, -0.2) is 52.4 Å². The molecular weight excluding hydrogens is 578 g/mol. The second kappa shape index (κ2) is 13.0. The molecule has 1 aliphatic rings. The quantitative estimate of drug-likeness (QED) is 0.134. The van der Waals surface area contributed by atoms with E-state index in [0.29, 0.717) is 36.9 Å². The average Bonchev–Trinajstić information content (AvgIpc) is 3.00. The molecule has 0 spiro atoms. The molecule has 3 aromatic carbocycles. The minimum atomic E-state index is -1.15. The second-order valence-electron chi connectivity index (χ2n) is 10.4. The van der Waals surface area contributed by atoms with Crippen LogP contribution >= 0.6 is 0 Å². The van der Waals surface area contributed by atoms with Crippen LogP contribution in [0.4, 0.5) is 23.2 Å². The van der Waals surface area contributed by atoms with Crippen LogP contribution in [0.3, 0.4) is 0 Å². The zero-order valence-corrected chi connectivity index (χ0v) is 23.4. The largest absolute Gasteiger partial charge is 0.507 e. The summed E-state index contributed by atoms with van der Waals surface area (Å²) in [6.07, 6.45) is 1.46. The van der Waals surface area contributed by atoms with Crippen molar-refractivity contribution in [1.29, 1.82) is 0 Å². The van der Waals surface area contributed by atoms with Gasteiger partial charge in [0.1, 0.15) is 29.0 Å². The number of hydrogen-bond acceptors (Lipinski definition) is 5. The van der Waals surface area contributed by atoms with Gasteiger partial charge in [-0.25, -0.2) is 17.6 Å². The van der Waals surface area contributed by atoms with Crippen molar-refractivity contribution in [3.8, 4) is 0 Å². The van der Waals surface area contributed by atoms with Crippen molar-refractivity contribution in [3.63, 3.8) is 0 Å². The van der Waals surface area contributed by atoms with E-state index < -0.39 is 63.8 Å². The van der Waals surface area contributed by atoms with Crippen molar-refractivity contribution in [2.45, 2.75) is 13.0 Å². The smallest absolute Gasteiger partial charge is 0.294 e. The summed E-state index contributed by atoms with van der Waals surface area (Å²) < 4.78 is 57.3. The van der Waals surface area contributed by atoms with Gasteiger partial charge in [0.15, 0.2) is 0 Å². The number of ketones is 1. The SMILES string of the molecule is O=C(/C=C(\O)c1cc(Cc2c(F)cc(F)cc2F)cn(Cc2cccc(F)c2)c1=O)C(=O)N1CCN(c2ccccc2)CC1. The van der Waals surface area contributed by atoms with Gasteiger partial charge in [-0.1, -0.05) is 30.3 Å². The van der Waals surface area contributed by atoms with E-state index >= 15 is 0 Å². The monoisotopic (exact) mass is 605 g/mol. The van der Waals surface area contributed by atoms with Crippen molar-refractivity contribution in [3.05, 3.63) is 141 Å². The molecular formula is C33H27F4N3O4. The van der Waals surface area contributed by atoms with Gasteiger partial charge in [0, 0.05) is 68.3 Å². The van der Waals surface area contributed by atoms with Gasteiger partial charge in [0.25, 0.3) is 11.5 Å². The fourth-order valence-electron chi connectivity index (χ4n) is 5.10. The predicted molar refractivity (Wildman–Crippen MR) is 156 cm³/mol. The summed E-state index contributed by atoms with van der Waals surface area (Å²) in [7, 11) is 0. The van der Waals surface area contributed by atoms with Gasteiger partial charge in [0.2, 0.25) is 5.78 Å². The molecule has 7 nitrogen and oxygen atoms in total. The van der Waals surface area contributed by atoms with Gasteiger partial charge in [-0.2, -0.15) is 0 Å². The number of nitrogens with zero attached hydrogens (tertiary/aromatic N) is 3. The molecule has 0 unspecified atom stereocenters. The fraction of sp³-hybridized carbons (Fsp3) is 0.182. The maximum absolute atomic E-state index is 14.4. The summed E-state index contributed by atoms with van der Waals surface area (Å²) in [5.74, 6) is -6.72. The molecule has 44 heavy (non-hydrogen) atoms. The third-order valence-corrected chi connectivity index (χ3v) is 7.31. The molecule has 0 atom stereocenters. The molecule has 1 saturated heterocycles. The highest BCUT2D eigenvalue weighted by molar-refractivity contribution is 6.41. The van der Waals surface area contributed by atoms with Crippen molar-refractivity contribution in [2.75, 3.05) is 31.1 Å². The maximum atomic E-state index is 14.4. The number of piperazine rings is 1. The highest BCUT2D eigenvalue weighted by Gasteiger charge is 2.26. The summed E-state index contributed by atoms with van der Waals surface area (Å²) in [6, 6.07) is 17.1. The second-order valence-corrected chi connectivity index (χ2v) is 10.4. The zero-order valence-electron chi connectivity index (χ0n) is 23.4. The maximum Gasteiger partial charge on any atom is 0.294 e. The van der Waals surface area contributed by atoms with Gasteiger partial charge >= 0.3 is 0 Å². The number of pyridine rings is 1. The van der Waals surface area contributed by atoms with Gasteiger partial charge in [0.05, 0.1) is 12.1 Å². The van der Waals surface area contributed by atoms with E-state index in [9.17, 15) is 37.1 Å². The van der Waals surface area contributed by atoms with Gasteiger partial charge in [-0.3, -0.25) is 14.4 Å². The van der Waals surface area contributed by atoms with E-state index in [1.807, 2.05) is 30.3 Å². The molecule has 1 fully saturated rings. The van der Waals surface area contributed by atoms with Crippen molar-refractivity contribution in [1.82, 2.24) is 9.47 Å². The van der Waals surface area contributed by atoms with Gasteiger partial charge in [-0.15, -0.1) is 0 Å². The number of amides is 1. The van der Waals surface area contributed by atoms with Crippen LogP contribution in [0.15, 0.2) is 89.9 Å². The molecule has 1 aromatic heterocycles. The minimum Gasteiger partial charge on any atom is -0.507 e. The first kappa shape index (κ1) is 30.3. The van der Waals surface area contributed by atoms with E-state index in [4.69, 9.17) is 0 Å². The topological polar surface area (TPSA) is 82.8 Å². The Morgan fingerprint density at radius 3 is 2.14 bits per heavy atom. The molecule has 0 bridgehead atoms. The van der Waals surface area contributed by atoms with Crippen LogP contribution in [-0.2, 0) is 22.6 Å². The Bertz CT molecular complexity index is 1780. The van der Waals surface area contributed by atoms with E-state index in [2.05, 4.69) is 4.90 Å². The molecule has 226 valence electrons. The molecule has 0 saturated carbocycles. The van der Waals surface area contributed by atoms with Crippen LogP contribution < -0.4 is 10.5 Å². The summed E-state index contributed by atoms with van der Waals surface area (Å²) in [6.45, 7) is 1.32. The van der Waals surface area contributed by atoms with E-state index in [0.717, 1.165) is 16.3 Å². The Balaban J connectivity index is 1.42. The number of anilines is 1. The first-order valence-corrected chi connectivity index (χ1v) is 13.7. The molecule has 4 aromatic rings. The summed E-state index contributed by atoms with van der Waals surface area (Å²) >= 11 is 0. The molecule has 5 rings (SSSR count). The third kappa shape index (κ3) is 6.88. The lowest BCUT2D eigenvalue weighted by Crippen LogP contribution is -2.50. The van der Waals surface area contributed by atoms with Crippen LogP contribution in [0, 0.1) is 23.3 Å². The Hall–Kier alpha value is -5.19. The van der Waals surface area contributed by atoms with Crippen LogP contribution in [0.25, 0.3) is 5.76 Å². The summed E-state index contributed by atoms with van der Waals surface area (Å²) in [5, 5.41) is 10.9. The lowest BCUT2D eigenvalue weighted by molar-refractivity contribution is -0.142. The van der Waals surface area contributed by atoms with Gasteiger partial charge < -0.3 is 19.5 Å². The number of aliphatic hydroxyl groups excluding tert-OH is 1. The average molecular weight is 606 g/mol. The van der Waals surface area contributed by atoms with Crippen LogP contribution in [0.2, 0.25) is 0 Å². The van der Waals surface area contributed by atoms with Crippen LogP contribution in [0.5, 0.6) is 0 Å². The molecule has 2 heterocycles. The number of aromatic nitrogens is 1. The van der Waals surface area contributed by atoms with E-state index in [1.165, 1.54) is 29.3 Å². The Labute approximate surface area is 249 Å². The lowest BCUT2D eigenvalue weighted by atomic mass is 10.0. The van der Waals surface area contributed by atoms with E-state index in [-0.39, 0.29) is 25.2 Å². The molecule has 1 N–H and O–H groups in total. The lowest BCUT2D eigenvalue weighted by Gasteiger charge is -2.35. The van der Waals surface area contributed by atoms with Crippen molar-refractivity contribution >= 4 is 23.1 Å². The van der Waals surface area contributed by atoms with Crippen molar-refractivity contribution in [2.24, 2.45) is 0 Å². The predicted octanol–water partition coefficient (Wildman–Crippen LogP) is 4.86. The minimum absolute atomic E-state index is 0.121. The molecule has 0 radical (unpaired) electrons. The van der Waals surface area contributed by atoms with Crippen molar-refractivity contribution < 1.29 is 32.3 Å². The summed E-state index contributed by atoms with van der Waals surface area (Å²) in [5.41, 5.74) is -0.230. The Morgan fingerprint density at radius 1 is 0.795 bits per heavy atom. The number of para-hydroxylation sites is 1. The highest BCUT2D eigenvalue weighted by Crippen LogP contribution is 2.21. The Morgan fingerprint density at radius 2 is 1.48 bits per heavy atom. The number of carbonyl (C=O) groups excluding carboxylic acids is 2. The standard InChI is InChI=1S/C33H27F4N3O4/c34-23-6-4-5-21(13-23)19-40-20-22(14-26-28(36)16-24(35)17-29(26)37)15-27(32(40)43)30(41)18-31(42)33(44)39-11-9-38(10-12-39)25-7-2-1-3-8-25/h1-8,13,15-18,20,41H,9-12,14,19H2/b30-18-. The molecule has 1 amide bonds.